The molecule has 1 aliphatic heterocycles. The van der Waals surface area contributed by atoms with Crippen LogP contribution in [0.3, 0.4) is 0 Å². The second-order valence-electron chi connectivity index (χ2n) is 8.60. The molecule has 0 saturated carbocycles. The van der Waals surface area contributed by atoms with E-state index >= 15 is 0 Å². The average molecular weight is 480 g/mol. The van der Waals surface area contributed by atoms with Gasteiger partial charge < -0.3 is 4.74 Å². The number of rotatable bonds is 7. The van der Waals surface area contributed by atoms with E-state index in [2.05, 4.69) is 22.1 Å². The molecule has 0 N–H and O–H groups in total. The number of carbonyl (C=O) groups is 1. The lowest BCUT2D eigenvalue weighted by Gasteiger charge is -2.41. The molecule has 34 heavy (non-hydrogen) atoms. The maximum absolute atomic E-state index is 13.3. The van der Waals surface area contributed by atoms with Crippen LogP contribution in [0.5, 0.6) is 0 Å². The Morgan fingerprint density at radius 3 is 2.24 bits per heavy atom. The molecule has 4 rings (SSSR count). The first-order valence-electron chi connectivity index (χ1n) is 11.4. The summed E-state index contributed by atoms with van der Waals surface area (Å²) in [5.41, 5.74) is 1.90. The predicted molar refractivity (Wildman–Crippen MR) is 129 cm³/mol. The van der Waals surface area contributed by atoms with Gasteiger partial charge in [0.05, 0.1) is 17.1 Å². The molecule has 2 heterocycles. The molecule has 2 aromatic carbocycles. The summed E-state index contributed by atoms with van der Waals surface area (Å²) in [7, 11) is -3.57. The summed E-state index contributed by atoms with van der Waals surface area (Å²) in [4.78, 5) is 21.2. The summed E-state index contributed by atoms with van der Waals surface area (Å²) >= 11 is 0. The lowest BCUT2D eigenvalue weighted by atomic mass is 9.70. The Morgan fingerprint density at radius 1 is 1.00 bits per heavy atom. The maximum Gasteiger partial charge on any atom is 0.341 e. The van der Waals surface area contributed by atoms with E-state index in [0.29, 0.717) is 55.2 Å². The lowest BCUT2D eigenvalue weighted by Crippen LogP contribution is -2.46. The van der Waals surface area contributed by atoms with E-state index < -0.39 is 16.0 Å². The molecule has 1 aromatic heterocycles. The molecule has 8 heteroatoms. The number of sulfonamides is 1. The van der Waals surface area contributed by atoms with Gasteiger partial charge in [0.2, 0.25) is 10.0 Å². The van der Waals surface area contributed by atoms with Gasteiger partial charge in [-0.3, -0.25) is 0 Å². The normalized spacial score (nSPS) is 16.2. The molecule has 1 saturated heterocycles. The van der Waals surface area contributed by atoms with Crippen molar-refractivity contribution in [3.8, 4) is 0 Å². The molecule has 0 atom stereocenters. The minimum atomic E-state index is -3.57. The first-order valence-corrected chi connectivity index (χ1v) is 12.9. The summed E-state index contributed by atoms with van der Waals surface area (Å²) in [6.07, 6.45) is 4.84. The fourth-order valence-corrected chi connectivity index (χ4v) is 6.23. The van der Waals surface area contributed by atoms with Crippen molar-refractivity contribution < 1.29 is 17.9 Å². The molecule has 1 aliphatic rings. The molecule has 3 aromatic rings. The smallest absolute Gasteiger partial charge is 0.341 e. The number of aryl methyl sites for hydroxylation is 1. The third-order valence-electron chi connectivity index (χ3n) is 6.49. The molecular weight excluding hydrogens is 450 g/mol. The Kier molecular flexibility index (Phi) is 7.09. The van der Waals surface area contributed by atoms with Crippen molar-refractivity contribution in [3.63, 3.8) is 0 Å². The largest absolute Gasteiger partial charge is 0.462 e. The van der Waals surface area contributed by atoms with E-state index in [-0.39, 0.29) is 5.41 Å². The van der Waals surface area contributed by atoms with Crippen LogP contribution in [0.25, 0.3) is 0 Å². The van der Waals surface area contributed by atoms with Gasteiger partial charge >= 0.3 is 5.97 Å². The Bertz CT molecular complexity index is 1240. The Balaban J connectivity index is 1.58. The highest BCUT2D eigenvalue weighted by molar-refractivity contribution is 7.89. The molecule has 0 amide bonds. The van der Waals surface area contributed by atoms with E-state index in [9.17, 15) is 13.2 Å². The Labute approximate surface area is 200 Å². The van der Waals surface area contributed by atoms with Crippen LogP contribution in [0.15, 0.2) is 71.9 Å². The van der Waals surface area contributed by atoms with Crippen molar-refractivity contribution in [2.24, 2.45) is 0 Å². The van der Waals surface area contributed by atoms with Crippen molar-refractivity contribution in [2.45, 2.75) is 43.4 Å². The Morgan fingerprint density at radius 2 is 1.62 bits per heavy atom. The molecule has 0 bridgehead atoms. The van der Waals surface area contributed by atoms with E-state index in [1.54, 1.807) is 23.4 Å². The standard InChI is InChI=1S/C26H29N3O4S/c1-3-33-25(30)21-18-27-24(28-19-21)17-26(22-10-5-4-6-11-22)13-15-29(16-14-26)34(31,32)23-12-8-7-9-20(23)2/h4-12,18-19H,3,13-17H2,1-2H3. The number of hydrogen-bond donors (Lipinski definition) is 0. The molecular formula is C26H29N3O4S. The SMILES string of the molecule is CCOC(=O)c1cnc(CC2(c3ccccc3)CCN(S(=O)(=O)c3ccccc3C)CC2)nc1. The zero-order valence-electron chi connectivity index (χ0n) is 19.5. The monoisotopic (exact) mass is 479 g/mol. The topological polar surface area (TPSA) is 89.5 Å². The number of hydrogen-bond acceptors (Lipinski definition) is 6. The maximum atomic E-state index is 13.3. The summed E-state index contributed by atoms with van der Waals surface area (Å²) in [5.74, 6) is 0.175. The first-order chi connectivity index (χ1) is 16.4. The van der Waals surface area contributed by atoms with Gasteiger partial charge in [0.1, 0.15) is 5.82 Å². The van der Waals surface area contributed by atoms with Gasteiger partial charge in [0.15, 0.2) is 0 Å². The van der Waals surface area contributed by atoms with Gasteiger partial charge in [0.25, 0.3) is 0 Å². The number of piperidine rings is 1. The fraction of sp³-hybridized carbons (Fsp3) is 0.346. The zero-order chi connectivity index (χ0) is 24.2. The van der Waals surface area contributed by atoms with Crippen LogP contribution in [0.1, 0.15) is 47.1 Å². The lowest BCUT2D eigenvalue weighted by molar-refractivity contribution is 0.0525. The highest BCUT2D eigenvalue weighted by Crippen LogP contribution is 2.39. The number of carbonyl (C=O) groups excluding carboxylic acids is 1. The van der Waals surface area contributed by atoms with Crippen molar-refractivity contribution >= 4 is 16.0 Å². The number of esters is 1. The first kappa shape index (κ1) is 24.0. The number of nitrogens with zero attached hydrogens (tertiary/aromatic N) is 3. The van der Waals surface area contributed by atoms with Gasteiger partial charge in [-0.15, -0.1) is 0 Å². The van der Waals surface area contributed by atoms with E-state index in [1.165, 1.54) is 12.4 Å². The minimum absolute atomic E-state index is 0.291. The molecule has 0 spiro atoms. The van der Waals surface area contributed by atoms with E-state index in [0.717, 1.165) is 11.1 Å². The second kappa shape index (κ2) is 10.0. The van der Waals surface area contributed by atoms with E-state index in [4.69, 9.17) is 4.74 Å². The van der Waals surface area contributed by atoms with Crippen LogP contribution < -0.4 is 0 Å². The molecule has 0 radical (unpaired) electrons. The van der Waals surface area contributed by atoms with Crippen LogP contribution in [-0.2, 0) is 26.6 Å². The van der Waals surface area contributed by atoms with Crippen molar-refractivity contribution in [2.75, 3.05) is 19.7 Å². The third kappa shape index (κ3) is 4.88. The quantitative estimate of drug-likeness (QED) is 0.477. The van der Waals surface area contributed by atoms with Crippen LogP contribution >= 0.6 is 0 Å². The van der Waals surface area contributed by atoms with Gasteiger partial charge in [-0.25, -0.2) is 23.2 Å². The summed E-state index contributed by atoms with van der Waals surface area (Å²) < 4.78 is 33.3. The van der Waals surface area contributed by atoms with Gasteiger partial charge in [0, 0.05) is 37.3 Å². The van der Waals surface area contributed by atoms with Gasteiger partial charge in [-0.2, -0.15) is 4.31 Å². The van der Waals surface area contributed by atoms with Crippen molar-refractivity contribution in [3.05, 3.63) is 89.5 Å². The fourth-order valence-electron chi connectivity index (χ4n) is 4.57. The van der Waals surface area contributed by atoms with Gasteiger partial charge in [-0.1, -0.05) is 48.5 Å². The van der Waals surface area contributed by atoms with Crippen molar-refractivity contribution in [1.29, 1.82) is 0 Å². The summed E-state index contributed by atoms with van der Waals surface area (Å²) in [5, 5.41) is 0. The molecule has 1 fully saturated rings. The summed E-state index contributed by atoms with van der Waals surface area (Å²) in [6.45, 7) is 4.68. The van der Waals surface area contributed by atoms with E-state index in [1.807, 2.05) is 37.3 Å². The average Bonchev–Trinajstić information content (AvgIpc) is 2.85. The third-order valence-corrected chi connectivity index (χ3v) is 8.55. The molecule has 7 nitrogen and oxygen atoms in total. The number of benzene rings is 2. The Hall–Kier alpha value is -3.10. The predicted octanol–water partition coefficient (Wildman–Crippen LogP) is 3.93. The number of ether oxygens (including phenoxy) is 1. The van der Waals surface area contributed by atoms with Gasteiger partial charge in [-0.05, 0) is 43.9 Å². The second-order valence-corrected chi connectivity index (χ2v) is 10.5. The highest BCUT2D eigenvalue weighted by atomic mass is 32.2. The molecule has 178 valence electrons. The van der Waals surface area contributed by atoms with Crippen LogP contribution in [-0.4, -0.2) is 48.4 Å². The minimum Gasteiger partial charge on any atom is -0.462 e. The molecule has 0 aliphatic carbocycles. The summed E-state index contributed by atoms with van der Waals surface area (Å²) in [6, 6.07) is 17.2. The highest BCUT2D eigenvalue weighted by Gasteiger charge is 2.40. The zero-order valence-corrected chi connectivity index (χ0v) is 20.3. The van der Waals surface area contributed by atoms with Crippen LogP contribution in [0.4, 0.5) is 0 Å². The number of aromatic nitrogens is 2. The van der Waals surface area contributed by atoms with Crippen LogP contribution in [0, 0.1) is 6.92 Å². The molecule has 0 unspecified atom stereocenters. The van der Waals surface area contributed by atoms with Crippen molar-refractivity contribution in [1.82, 2.24) is 14.3 Å². The van der Waals surface area contributed by atoms with Crippen LogP contribution in [0.2, 0.25) is 0 Å².